The number of urea groups is 1. The van der Waals surface area contributed by atoms with Gasteiger partial charge in [0.1, 0.15) is 0 Å². The van der Waals surface area contributed by atoms with E-state index >= 15 is 0 Å². The van der Waals surface area contributed by atoms with Gasteiger partial charge >= 0.3 is 6.03 Å². The van der Waals surface area contributed by atoms with Crippen LogP contribution >= 0.6 is 22.9 Å². The van der Waals surface area contributed by atoms with E-state index in [9.17, 15) is 4.79 Å². The van der Waals surface area contributed by atoms with E-state index < -0.39 is 0 Å². The third kappa shape index (κ3) is 3.49. The highest BCUT2D eigenvalue weighted by Crippen LogP contribution is 2.21. The molecule has 0 unspecified atom stereocenters. The molecule has 1 aromatic carbocycles. The fourth-order valence-electron chi connectivity index (χ4n) is 2.37. The second-order valence-corrected chi connectivity index (χ2v) is 6.25. The molecular formula is C15H16ClN3OS. The molecule has 21 heavy (non-hydrogen) atoms. The molecule has 1 saturated heterocycles. The molecule has 2 heterocycles. The Bertz CT molecular complexity index is 609. The Kier molecular flexibility index (Phi) is 4.31. The minimum absolute atomic E-state index is 0.0248. The second-order valence-electron chi connectivity index (χ2n) is 4.86. The highest BCUT2D eigenvalue weighted by molar-refractivity contribution is 7.14. The first kappa shape index (κ1) is 14.2. The van der Waals surface area contributed by atoms with Gasteiger partial charge in [0.15, 0.2) is 0 Å². The maximum atomic E-state index is 12.1. The Hall–Kier alpha value is -1.72. The number of thiophene rings is 1. The molecule has 0 saturated carbocycles. The third-order valence-electron chi connectivity index (χ3n) is 3.49. The van der Waals surface area contributed by atoms with Crippen LogP contribution in [0.25, 0.3) is 0 Å². The molecule has 1 fully saturated rings. The number of amides is 2. The maximum Gasteiger partial charge on any atom is 0.322 e. The number of halogens is 1. The molecule has 3 rings (SSSR count). The van der Waals surface area contributed by atoms with Crippen molar-refractivity contribution in [3.63, 3.8) is 0 Å². The second kappa shape index (κ2) is 6.37. The molecule has 4 nitrogen and oxygen atoms in total. The smallest absolute Gasteiger partial charge is 0.322 e. The Morgan fingerprint density at radius 3 is 2.62 bits per heavy atom. The fourth-order valence-corrected chi connectivity index (χ4v) is 3.17. The lowest BCUT2D eigenvalue weighted by Gasteiger charge is -2.36. The summed E-state index contributed by atoms with van der Waals surface area (Å²) >= 11 is 7.55. The molecule has 0 radical (unpaired) electrons. The lowest BCUT2D eigenvalue weighted by molar-refractivity contribution is 0.208. The van der Waals surface area contributed by atoms with Gasteiger partial charge in [0.2, 0.25) is 0 Å². The van der Waals surface area contributed by atoms with Crippen molar-refractivity contribution >= 4 is 39.7 Å². The van der Waals surface area contributed by atoms with Crippen molar-refractivity contribution in [2.24, 2.45) is 0 Å². The topological polar surface area (TPSA) is 35.6 Å². The number of rotatable bonds is 2. The average molecular weight is 322 g/mol. The van der Waals surface area contributed by atoms with E-state index in [0.717, 1.165) is 28.8 Å². The van der Waals surface area contributed by atoms with Crippen molar-refractivity contribution in [1.82, 2.24) is 4.90 Å². The summed E-state index contributed by atoms with van der Waals surface area (Å²) in [4.78, 5) is 16.2. The van der Waals surface area contributed by atoms with Crippen LogP contribution < -0.4 is 10.2 Å². The molecule has 0 bridgehead atoms. The van der Waals surface area contributed by atoms with Gasteiger partial charge in [-0.25, -0.2) is 4.79 Å². The molecular weight excluding hydrogens is 306 g/mol. The van der Waals surface area contributed by atoms with Crippen LogP contribution in [0.15, 0.2) is 41.8 Å². The lowest BCUT2D eigenvalue weighted by atomic mass is 10.2. The lowest BCUT2D eigenvalue weighted by Crippen LogP contribution is -2.50. The molecule has 0 spiro atoms. The zero-order valence-corrected chi connectivity index (χ0v) is 13.0. The van der Waals surface area contributed by atoms with E-state index in [1.54, 1.807) is 0 Å². The van der Waals surface area contributed by atoms with Crippen LogP contribution in [0, 0.1) is 0 Å². The van der Waals surface area contributed by atoms with Gasteiger partial charge in [0.25, 0.3) is 0 Å². The number of piperazine rings is 1. The number of hydrogen-bond acceptors (Lipinski definition) is 3. The van der Waals surface area contributed by atoms with Crippen LogP contribution in [0.5, 0.6) is 0 Å². The average Bonchev–Trinajstić information content (AvgIpc) is 3.00. The standard InChI is InChI=1S/C15H16ClN3OS/c16-12-3-1-4-13(11-12)18-6-8-19(9-7-18)15(20)17-14-5-2-10-21-14/h1-5,10-11H,6-9H2,(H,17,20). The van der Waals surface area contributed by atoms with Crippen LogP contribution in [-0.4, -0.2) is 37.1 Å². The first-order chi connectivity index (χ1) is 10.2. The van der Waals surface area contributed by atoms with E-state index in [4.69, 9.17) is 11.6 Å². The van der Waals surface area contributed by atoms with E-state index in [0.29, 0.717) is 13.1 Å². The molecule has 1 aliphatic rings. The summed E-state index contributed by atoms with van der Waals surface area (Å²) in [6.07, 6.45) is 0. The summed E-state index contributed by atoms with van der Waals surface area (Å²) in [6.45, 7) is 3.06. The molecule has 2 aromatic rings. The van der Waals surface area contributed by atoms with E-state index in [1.165, 1.54) is 11.3 Å². The van der Waals surface area contributed by atoms with Gasteiger partial charge in [-0.05, 0) is 35.7 Å². The van der Waals surface area contributed by atoms with Crippen LogP contribution in [0.1, 0.15) is 0 Å². The van der Waals surface area contributed by atoms with Gasteiger partial charge in [-0.3, -0.25) is 5.32 Å². The molecule has 6 heteroatoms. The highest BCUT2D eigenvalue weighted by Gasteiger charge is 2.21. The number of nitrogens with zero attached hydrogens (tertiary/aromatic N) is 2. The van der Waals surface area contributed by atoms with Crippen molar-refractivity contribution in [3.8, 4) is 0 Å². The van der Waals surface area contributed by atoms with Crippen molar-refractivity contribution in [1.29, 1.82) is 0 Å². The van der Waals surface area contributed by atoms with Crippen LogP contribution in [0.2, 0.25) is 5.02 Å². The van der Waals surface area contributed by atoms with Gasteiger partial charge in [-0.15, -0.1) is 11.3 Å². The molecule has 2 amide bonds. The Morgan fingerprint density at radius 1 is 1.14 bits per heavy atom. The monoisotopic (exact) mass is 321 g/mol. The van der Waals surface area contributed by atoms with Gasteiger partial charge in [0.05, 0.1) is 5.00 Å². The summed E-state index contributed by atoms with van der Waals surface area (Å²) in [6, 6.07) is 11.6. The van der Waals surface area contributed by atoms with Crippen LogP contribution in [-0.2, 0) is 0 Å². The van der Waals surface area contributed by atoms with Gasteiger partial charge in [-0.2, -0.15) is 0 Å². The number of carbonyl (C=O) groups is 1. The van der Waals surface area contributed by atoms with Gasteiger partial charge in [-0.1, -0.05) is 17.7 Å². The van der Waals surface area contributed by atoms with Crippen LogP contribution in [0.3, 0.4) is 0 Å². The quantitative estimate of drug-likeness (QED) is 0.914. The maximum absolute atomic E-state index is 12.1. The molecule has 0 aliphatic carbocycles. The molecule has 1 N–H and O–H groups in total. The predicted octanol–water partition coefficient (Wildman–Crippen LogP) is 3.76. The minimum atomic E-state index is -0.0248. The summed E-state index contributed by atoms with van der Waals surface area (Å²) in [5.41, 5.74) is 1.11. The summed E-state index contributed by atoms with van der Waals surface area (Å²) < 4.78 is 0. The van der Waals surface area contributed by atoms with E-state index in [2.05, 4.69) is 10.2 Å². The molecule has 1 aromatic heterocycles. The van der Waals surface area contributed by atoms with Crippen molar-refractivity contribution in [2.45, 2.75) is 0 Å². The number of nitrogens with one attached hydrogen (secondary N) is 1. The molecule has 1 aliphatic heterocycles. The normalized spacial score (nSPS) is 15.1. The zero-order chi connectivity index (χ0) is 14.7. The number of hydrogen-bond donors (Lipinski definition) is 1. The number of anilines is 2. The molecule has 0 atom stereocenters. The number of benzene rings is 1. The van der Waals surface area contributed by atoms with E-state index in [1.807, 2.05) is 46.7 Å². The Morgan fingerprint density at radius 2 is 1.95 bits per heavy atom. The van der Waals surface area contributed by atoms with E-state index in [-0.39, 0.29) is 6.03 Å². The van der Waals surface area contributed by atoms with Crippen molar-refractivity contribution < 1.29 is 4.79 Å². The third-order valence-corrected chi connectivity index (χ3v) is 4.51. The Balaban J connectivity index is 1.56. The van der Waals surface area contributed by atoms with Gasteiger partial charge < -0.3 is 9.80 Å². The minimum Gasteiger partial charge on any atom is -0.368 e. The fraction of sp³-hybridized carbons (Fsp3) is 0.267. The largest absolute Gasteiger partial charge is 0.368 e. The highest BCUT2D eigenvalue weighted by atomic mass is 35.5. The Labute approximate surface area is 132 Å². The summed E-state index contributed by atoms with van der Waals surface area (Å²) in [5.74, 6) is 0. The molecule has 110 valence electrons. The van der Waals surface area contributed by atoms with Crippen LogP contribution in [0.4, 0.5) is 15.5 Å². The van der Waals surface area contributed by atoms with Crippen molar-refractivity contribution in [2.75, 3.05) is 36.4 Å². The summed E-state index contributed by atoms with van der Waals surface area (Å²) in [7, 11) is 0. The van der Waals surface area contributed by atoms with Gasteiger partial charge in [0, 0.05) is 36.9 Å². The zero-order valence-electron chi connectivity index (χ0n) is 11.5. The predicted molar refractivity (Wildman–Crippen MR) is 88.6 cm³/mol. The van der Waals surface area contributed by atoms with Crippen molar-refractivity contribution in [3.05, 3.63) is 46.8 Å². The first-order valence-corrected chi connectivity index (χ1v) is 8.08. The number of carbonyl (C=O) groups excluding carboxylic acids is 1. The first-order valence-electron chi connectivity index (χ1n) is 6.82. The summed E-state index contributed by atoms with van der Waals surface area (Å²) in [5, 5.41) is 6.50. The SMILES string of the molecule is O=C(Nc1cccs1)N1CCN(c2cccc(Cl)c2)CC1.